The average Bonchev–Trinajstić information content (AvgIpc) is 2.65. The van der Waals surface area contributed by atoms with Gasteiger partial charge in [-0.25, -0.2) is 8.42 Å². The van der Waals surface area contributed by atoms with Gasteiger partial charge in [0, 0.05) is 25.7 Å². The third kappa shape index (κ3) is 5.82. The number of amides is 2. The fourth-order valence-electron chi connectivity index (χ4n) is 2.86. The summed E-state index contributed by atoms with van der Waals surface area (Å²) in [6.45, 7) is 6.38. The van der Waals surface area contributed by atoms with Gasteiger partial charge < -0.3 is 15.0 Å². The summed E-state index contributed by atoms with van der Waals surface area (Å²) in [6.07, 6.45) is 0. The Balaban J connectivity index is 2.36. The first kappa shape index (κ1) is 23.9. The van der Waals surface area contributed by atoms with Crippen LogP contribution in [0.2, 0.25) is 10.0 Å². The van der Waals surface area contributed by atoms with E-state index in [0.29, 0.717) is 0 Å². The topological polar surface area (TPSA) is 96.0 Å². The van der Waals surface area contributed by atoms with Crippen LogP contribution in [-0.4, -0.2) is 74.9 Å². The number of carbonyl (C=O) groups is 2. The number of rotatable bonds is 7. The largest absolute Gasteiger partial charge is 0.379 e. The van der Waals surface area contributed by atoms with Crippen molar-refractivity contribution in [1.82, 2.24) is 14.5 Å². The Labute approximate surface area is 181 Å². The molecule has 0 bridgehead atoms. The third-order valence-corrected chi connectivity index (χ3v) is 6.97. The van der Waals surface area contributed by atoms with Crippen LogP contribution in [-0.2, 0) is 19.6 Å². The summed E-state index contributed by atoms with van der Waals surface area (Å²) in [5, 5.41) is 2.66. The molecule has 29 heavy (non-hydrogen) atoms. The molecular formula is C18H25Cl2N3O5S. The molecule has 0 aromatic heterocycles. The molecule has 1 heterocycles. The lowest BCUT2D eigenvalue weighted by molar-refractivity contribution is -0.122. The summed E-state index contributed by atoms with van der Waals surface area (Å²) in [4.78, 5) is 26.1. The molecular weight excluding hydrogens is 441 g/mol. The Morgan fingerprint density at radius 1 is 1.21 bits per heavy atom. The highest BCUT2D eigenvalue weighted by molar-refractivity contribution is 7.89. The lowest BCUT2D eigenvalue weighted by Crippen LogP contribution is -2.43. The average molecular weight is 466 g/mol. The van der Waals surface area contributed by atoms with Crippen molar-refractivity contribution in [3.05, 3.63) is 27.7 Å². The zero-order chi connectivity index (χ0) is 21.8. The Morgan fingerprint density at radius 3 is 2.38 bits per heavy atom. The number of ether oxygens (including phenoxy) is 1. The van der Waals surface area contributed by atoms with Crippen molar-refractivity contribution in [3.8, 4) is 0 Å². The van der Waals surface area contributed by atoms with E-state index in [2.05, 4.69) is 5.32 Å². The van der Waals surface area contributed by atoms with Gasteiger partial charge in [-0.05, 0) is 32.9 Å². The van der Waals surface area contributed by atoms with Gasteiger partial charge in [-0.3, -0.25) is 9.59 Å². The number of nitrogens with zero attached hydrogens (tertiary/aromatic N) is 2. The van der Waals surface area contributed by atoms with Crippen molar-refractivity contribution in [2.75, 3.05) is 39.4 Å². The molecule has 1 aliphatic heterocycles. The maximum absolute atomic E-state index is 13.0. The van der Waals surface area contributed by atoms with E-state index >= 15 is 0 Å². The molecule has 8 nitrogen and oxygen atoms in total. The number of hydrogen-bond acceptors (Lipinski definition) is 5. The third-order valence-electron chi connectivity index (χ3n) is 4.29. The Hall–Kier alpha value is -1.39. The normalized spacial score (nSPS) is 15.4. The van der Waals surface area contributed by atoms with Crippen LogP contribution in [0.1, 0.15) is 31.1 Å². The lowest BCUT2D eigenvalue weighted by Gasteiger charge is -2.27. The quantitative estimate of drug-likeness (QED) is 0.663. The summed E-state index contributed by atoms with van der Waals surface area (Å²) in [5.74, 6) is -0.868. The minimum atomic E-state index is -3.92. The summed E-state index contributed by atoms with van der Waals surface area (Å²) < 4.78 is 32.4. The minimum Gasteiger partial charge on any atom is -0.379 e. The van der Waals surface area contributed by atoms with E-state index in [0.717, 1.165) is 0 Å². The summed E-state index contributed by atoms with van der Waals surface area (Å²) >= 11 is 12.3. The van der Waals surface area contributed by atoms with Gasteiger partial charge in [0.15, 0.2) is 0 Å². The van der Waals surface area contributed by atoms with Gasteiger partial charge in [-0.15, -0.1) is 0 Å². The zero-order valence-electron chi connectivity index (χ0n) is 16.6. The first-order valence-electron chi connectivity index (χ1n) is 9.23. The molecule has 1 aromatic carbocycles. The van der Waals surface area contributed by atoms with Gasteiger partial charge in [0.05, 0.1) is 35.4 Å². The Bertz CT molecular complexity index is 870. The summed E-state index contributed by atoms with van der Waals surface area (Å²) in [6, 6.07) is 2.35. The summed E-state index contributed by atoms with van der Waals surface area (Å²) in [7, 11) is -3.92. The molecule has 2 rings (SSSR count). The predicted octanol–water partition coefficient (Wildman–Crippen LogP) is 2.00. The smallest absolute Gasteiger partial charge is 0.255 e. The van der Waals surface area contributed by atoms with Crippen LogP contribution < -0.4 is 5.32 Å². The molecule has 0 spiro atoms. The molecule has 0 aliphatic carbocycles. The molecule has 1 fully saturated rings. The van der Waals surface area contributed by atoms with Gasteiger partial charge in [0.25, 0.3) is 5.91 Å². The van der Waals surface area contributed by atoms with Crippen LogP contribution in [0.15, 0.2) is 17.0 Å². The van der Waals surface area contributed by atoms with E-state index in [-0.39, 0.29) is 71.8 Å². The van der Waals surface area contributed by atoms with Crippen LogP contribution in [0.25, 0.3) is 0 Å². The molecule has 0 saturated carbocycles. The second-order valence-corrected chi connectivity index (χ2v) is 9.54. The standard InChI is InChI=1S/C18H25Cl2N3O5S/c1-4-22(11-17(24)21-12(2)3)18(25)13-9-16(15(20)10-14(13)19)29(26,27)23-5-7-28-8-6-23/h9-10,12H,4-8,11H2,1-3H3,(H,21,24). The van der Waals surface area contributed by atoms with E-state index in [4.69, 9.17) is 27.9 Å². The highest BCUT2D eigenvalue weighted by atomic mass is 35.5. The number of hydrogen-bond donors (Lipinski definition) is 1. The van der Waals surface area contributed by atoms with Crippen LogP contribution in [0.5, 0.6) is 0 Å². The highest BCUT2D eigenvalue weighted by Crippen LogP contribution is 2.31. The zero-order valence-corrected chi connectivity index (χ0v) is 18.9. The van der Waals surface area contributed by atoms with Crippen LogP contribution in [0.4, 0.5) is 0 Å². The molecule has 162 valence electrons. The van der Waals surface area contributed by atoms with E-state index < -0.39 is 15.9 Å². The second-order valence-electron chi connectivity index (χ2n) is 6.82. The molecule has 0 radical (unpaired) electrons. The van der Waals surface area contributed by atoms with Crippen LogP contribution in [0, 0.1) is 0 Å². The second kappa shape index (κ2) is 10.1. The van der Waals surface area contributed by atoms with E-state index in [1.807, 2.05) is 13.8 Å². The van der Waals surface area contributed by atoms with Crippen molar-refractivity contribution in [2.24, 2.45) is 0 Å². The molecule has 0 atom stereocenters. The molecule has 1 aliphatic rings. The maximum Gasteiger partial charge on any atom is 0.255 e. The van der Waals surface area contributed by atoms with Gasteiger partial charge in [0.2, 0.25) is 15.9 Å². The number of benzene rings is 1. The van der Waals surface area contributed by atoms with Crippen molar-refractivity contribution in [2.45, 2.75) is 31.7 Å². The molecule has 1 N–H and O–H groups in total. The molecule has 0 unspecified atom stereocenters. The van der Waals surface area contributed by atoms with E-state index in [1.54, 1.807) is 6.92 Å². The van der Waals surface area contributed by atoms with Gasteiger partial charge in [-0.1, -0.05) is 23.2 Å². The number of carbonyl (C=O) groups excluding carboxylic acids is 2. The molecule has 1 saturated heterocycles. The number of likely N-dealkylation sites (N-methyl/N-ethyl adjacent to an activating group) is 1. The van der Waals surface area contributed by atoms with Crippen molar-refractivity contribution < 1.29 is 22.7 Å². The van der Waals surface area contributed by atoms with Gasteiger partial charge in [0.1, 0.15) is 4.90 Å². The van der Waals surface area contributed by atoms with Gasteiger partial charge >= 0.3 is 0 Å². The fourth-order valence-corrected chi connectivity index (χ4v) is 5.09. The molecule has 11 heteroatoms. The first-order valence-corrected chi connectivity index (χ1v) is 11.4. The number of nitrogens with one attached hydrogen (secondary N) is 1. The minimum absolute atomic E-state index is 0.0173. The lowest BCUT2D eigenvalue weighted by atomic mass is 10.2. The van der Waals surface area contributed by atoms with E-state index in [1.165, 1.54) is 21.3 Å². The number of sulfonamides is 1. The Kier molecular flexibility index (Phi) is 8.30. The number of halogens is 2. The maximum atomic E-state index is 13.0. The van der Waals surface area contributed by atoms with Crippen LogP contribution >= 0.6 is 23.2 Å². The Morgan fingerprint density at radius 2 is 1.83 bits per heavy atom. The first-order chi connectivity index (χ1) is 13.6. The summed E-state index contributed by atoms with van der Waals surface area (Å²) in [5.41, 5.74) is -0.0258. The van der Waals surface area contributed by atoms with Crippen molar-refractivity contribution in [3.63, 3.8) is 0 Å². The van der Waals surface area contributed by atoms with Crippen LogP contribution in [0.3, 0.4) is 0 Å². The van der Waals surface area contributed by atoms with Gasteiger partial charge in [-0.2, -0.15) is 4.31 Å². The number of morpholine rings is 1. The molecule has 2 amide bonds. The predicted molar refractivity (Wildman–Crippen MR) is 111 cm³/mol. The highest BCUT2D eigenvalue weighted by Gasteiger charge is 2.31. The molecule has 1 aromatic rings. The fraction of sp³-hybridized carbons (Fsp3) is 0.556. The van der Waals surface area contributed by atoms with E-state index in [9.17, 15) is 18.0 Å². The van der Waals surface area contributed by atoms with Crippen molar-refractivity contribution >= 4 is 45.0 Å². The van der Waals surface area contributed by atoms with Crippen molar-refractivity contribution in [1.29, 1.82) is 0 Å². The monoisotopic (exact) mass is 465 g/mol. The SMILES string of the molecule is CCN(CC(=O)NC(C)C)C(=O)c1cc(S(=O)(=O)N2CCOCC2)c(Cl)cc1Cl.